The van der Waals surface area contributed by atoms with E-state index in [0.29, 0.717) is 48.1 Å². The first-order valence-electron chi connectivity index (χ1n) is 12.2. The van der Waals surface area contributed by atoms with Crippen molar-refractivity contribution < 1.29 is 23.4 Å². The van der Waals surface area contributed by atoms with E-state index < -0.39 is 12.0 Å². The van der Waals surface area contributed by atoms with Gasteiger partial charge in [-0.2, -0.15) is 0 Å². The number of ether oxygens (including phenoxy) is 3. The van der Waals surface area contributed by atoms with E-state index >= 15 is 0 Å². The van der Waals surface area contributed by atoms with E-state index in [1.807, 2.05) is 36.4 Å². The normalized spacial score (nSPS) is 15.1. The quantitative estimate of drug-likeness (QED) is 0.235. The highest BCUT2D eigenvalue weighted by Gasteiger charge is 2.35. The standard InChI is InChI=1S/C29H24Br2N2O6S/c1-5-38-28(35)25-15(2)32-29-33(26(25)19-13-22(36-3)23(37-4)14-20(19)31)27(34)24(40-29)12-18-10-11-21(39-18)16-6-8-17(30)9-7-16/h6-14,26H,5H2,1-4H3/b24-12-/t26-/m1/s1. The molecule has 1 aliphatic heterocycles. The lowest BCUT2D eigenvalue weighted by molar-refractivity contribution is -0.139. The SMILES string of the molecule is CCOC(=O)C1=C(C)N=c2s/c(=C\c3ccc(-c4ccc(Br)cc4)o3)c(=O)n2[C@@H]1c1cc(OC)c(OC)cc1Br. The molecular formula is C29H24Br2N2O6S. The van der Waals surface area contributed by atoms with E-state index in [1.54, 1.807) is 32.1 Å². The number of benzene rings is 2. The lowest BCUT2D eigenvalue weighted by Gasteiger charge is -2.26. The van der Waals surface area contributed by atoms with E-state index in [9.17, 15) is 9.59 Å². The van der Waals surface area contributed by atoms with Gasteiger partial charge in [-0.15, -0.1) is 0 Å². The number of allylic oxidation sites excluding steroid dienone is 1. The third-order valence-corrected chi connectivity index (χ3v) is 8.54. The predicted molar refractivity (Wildman–Crippen MR) is 159 cm³/mol. The lowest BCUT2D eigenvalue weighted by Crippen LogP contribution is -2.40. The monoisotopic (exact) mass is 686 g/mol. The first-order chi connectivity index (χ1) is 19.2. The Balaban J connectivity index is 1.68. The number of carbonyl (C=O) groups is 1. The number of nitrogens with zero attached hydrogens (tertiary/aromatic N) is 2. The fraction of sp³-hybridized carbons (Fsp3) is 0.207. The average Bonchev–Trinajstić information content (AvgIpc) is 3.52. The van der Waals surface area contributed by atoms with Gasteiger partial charge in [-0.3, -0.25) is 9.36 Å². The summed E-state index contributed by atoms with van der Waals surface area (Å²) in [5.41, 5.74) is 1.96. The van der Waals surface area contributed by atoms with Crippen LogP contribution in [0.4, 0.5) is 0 Å². The second-order valence-electron chi connectivity index (χ2n) is 8.74. The van der Waals surface area contributed by atoms with E-state index in [1.165, 1.54) is 30.1 Å². The number of rotatable bonds is 7. The summed E-state index contributed by atoms with van der Waals surface area (Å²) in [6.45, 7) is 3.65. The minimum atomic E-state index is -0.818. The molecule has 2 aromatic carbocycles. The van der Waals surface area contributed by atoms with Crippen molar-refractivity contribution in [3.05, 3.63) is 99.8 Å². The molecule has 0 fully saturated rings. The Morgan fingerprint density at radius 3 is 2.48 bits per heavy atom. The summed E-state index contributed by atoms with van der Waals surface area (Å²) in [7, 11) is 3.07. The molecular weight excluding hydrogens is 664 g/mol. The van der Waals surface area contributed by atoms with Crippen molar-refractivity contribution in [1.29, 1.82) is 0 Å². The number of halogens is 2. The fourth-order valence-corrected chi connectivity index (χ4v) is 6.32. The maximum absolute atomic E-state index is 13.9. The second-order valence-corrected chi connectivity index (χ2v) is 11.5. The Hall–Kier alpha value is -3.41. The minimum absolute atomic E-state index is 0.180. The van der Waals surface area contributed by atoms with Gasteiger partial charge in [0.15, 0.2) is 16.3 Å². The Morgan fingerprint density at radius 2 is 1.80 bits per heavy atom. The lowest BCUT2D eigenvalue weighted by atomic mass is 9.95. The number of hydrogen-bond acceptors (Lipinski definition) is 8. The molecule has 1 aliphatic rings. The zero-order valence-corrected chi connectivity index (χ0v) is 26.0. The molecule has 0 unspecified atom stereocenters. The molecule has 4 aromatic rings. The van der Waals surface area contributed by atoms with Crippen molar-refractivity contribution in [3.8, 4) is 22.8 Å². The highest BCUT2D eigenvalue weighted by molar-refractivity contribution is 9.10. The number of carbonyl (C=O) groups excluding carboxylic acids is 1. The highest BCUT2D eigenvalue weighted by Crippen LogP contribution is 2.40. The van der Waals surface area contributed by atoms with Gasteiger partial charge >= 0.3 is 5.97 Å². The fourth-order valence-electron chi connectivity index (χ4n) is 4.49. The van der Waals surface area contributed by atoms with Crippen LogP contribution in [0.15, 0.2) is 83.0 Å². The molecule has 0 aliphatic carbocycles. The molecule has 2 aromatic heterocycles. The number of hydrogen-bond donors (Lipinski definition) is 0. The first-order valence-corrected chi connectivity index (χ1v) is 14.6. The van der Waals surface area contributed by atoms with Crippen molar-refractivity contribution in [2.45, 2.75) is 19.9 Å². The summed E-state index contributed by atoms with van der Waals surface area (Å²) in [6.07, 6.45) is 1.69. The number of furan rings is 1. The van der Waals surface area contributed by atoms with Crippen LogP contribution in [0.1, 0.15) is 31.2 Å². The molecule has 206 valence electrons. The summed E-state index contributed by atoms with van der Waals surface area (Å²) < 4.78 is 25.9. The largest absolute Gasteiger partial charge is 0.493 e. The molecule has 0 saturated carbocycles. The summed E-state index contributed by atoms with van der Waals surface area (Å²) in [5.74, 6) is 1.61. The molecule has 0 saturated heterocycles. The molecule has 1 atom stereocenters. The number of thiazole rings is 1. The van der Waals surface area contributed by atoms with Crippen molar-refractivity contribution >= 4 is 55.2 Å². The van der Waals surface area contributed by atoms with Crippen molar-refractivity contribution in [2.75, 3.05) is 20.8 Å². The van der Waals surface area contributed by atoms with Gasteiger partial charge in [0.25, 0.3) is 5.56 Å². The molecule has 0 spiro atoms. The smallest absolute Gasteiger partial charge is 0.338 e. The molecule has 0 N–H and O–H groups in total. The number of aromatic nitrogens is 1. The molecule has 5 rings (SSSR count). The second kappa shape index (κ2) is 11.6. The Kier molecular flexibility index (Phi) is 8.16. The molecule has 0 bridgehead atoms. The van der Waals surface area contributed by atoms with E-state index in [-0.39, 0.29) is 17.7 Å². The number of esters is 1. The minimum Gasteiger partial charge on any atom is -0.493 e. The van der Waals surface area contributed by atoms with Crippen LogP contribution in [-0.4, -0.2) is 31.4 Å². The molecule has 0 radical (unpaired) electrons. The molecule has 0 amide bonds. The molecule has 8 nitrogen and oxygen atoms in total. The van der Waals surface area contributed by atoms with Gasteiger partial charge in [0, 0.05) is 20.6 Å². The Bertz CT molecular complexity index is 1820. The zero-order chi connectivity index (χ0) is 28.6. The van der Waals surface area contributed by atoms with Crippen LogP contribution in [0.3, 0.4) is 0 Å². The maximum atomic E-state index is 13.9. The van der Waals surface area contributed by atoms with Gasteiger partial charge in [-0.05, 0) is 55.8 Å². The Morgan fingerprint density at radius 1 is 1.10 bits per heavy atom. The molecule has 40 heavy (non-hydrogen) atoms. The first kappa shape index (κ1) is 28.1. The van der Waals surface area contributed by atoms with Gasteiger partial charge in [0.2, 0.25) is 0 Å². The van der Waals surface area contributed by atoms with Crippen LogP contribution >= 0.6 is 43.2 Å². The van der Waals surface area contributed by atoms with Gasteiger partial charge in [-0.1, -0.05) is 55.3 Å². The van der Waals surface area contributed by atoms with Crippen molar-refractivity contribution in [2.24, 2.45) is 4.99 Å². The van der Waals surface area contributed by atoms with Crippen molar-refractivity contribution in [3.63, 3.8) is 0 Å². The highest BCUT2D eigenvalue weighted by atomic mass is 79.9. The maximum Gasteiger partial charge on any atom is 0.338 e. The van der Waals surface area contributed by atoms with E-state index in [0.717, 1.165) is 10.0 Å². The number of methoxy groups -OCH3 is 2. The van der Waals surface area contributed by atoms with Crippen LogP contribution in [0.25, 0.3) is 17.4 Å². The van der Waals surface area contributed by atoms with Crippen molar-refractivity contribution in [1.82, 2.24) is 4.57 Å². The Labute approximate surface area is 250 Å². The summed E-state index contributed by atoms with van der Waals surface area (Å²) in [4.78, 5) is 32.2. The van der Waals surface area contributed by atoms with Gasteiger partial charge < -0.3 is 18.6 Å². The van der Waals surface area contributed by atoms with Crippen LogP contribution in [0.2, 0.25) is 0 Å². The molecule has 3 heterocycles. The number of fused-ring (bicyclic) bond motifs is 1. The molecule has 11 heteroatoms. The topological polar surface area (TPSA) is 92.3 Å². The zero-order valence-electron chi connectivity index (χ0n) is 22.0. The third-order valence-electron chi connectivity index (χ3n) is 6.34. The van der Waals surface area contributed by atoms with Crippen LogP contribution in [0.5, 0.6) is 11.5 Å². The summed E-state index contributed by atoms with van der Waals surface area (Å²) in [6, 6.07) is 14.1. The summed E-state index contributed by atoms with van der Waals surface area (Å²) in [5, 5.41) is 0. The average molecular weight is 688 g/mol. The van der Waals surface area contributed by atoms with Crippen LogP contribution in [0, 0.1) is 0 Å². The van der Waals surface area contributed by atoms with Crippen LogP contribution in [-0.2, 0) is 9.53 Å². The third kappa shape index (κ3) is 5.21. The van der Waals surface area contributed by atoms with Gasteiger partial charge in [0.1, 0.15) is 11.5 Å². The summed E-state index contributed by atoms with van der Waals surface area (Å²) >= 11 is 8.27. The van der Waals surface area contributed by atoms with Crippen LogP contribution < -0.4 is 24.4 Å². The van der Waals surface area contributed by atoms with E-state index in [4.69, 9.17) is 18.6 Å². The van der Waals surface area contributed by atoms with Gasteiger partial charge in [0.05, 0.1) is 42.7 Å². The predicted octanol–water partition coefficient (Wildman–Crippen LogP) is 5.60. The van der Waals surface area contributed by atoms with E-state index in [2.05, 4.69) is 36.9 Å². The van der Waals surface area contributed by atoms with Gasteiger partial charge in [-0.25, -0.2) is 9.79 Å².